The Kier molecular flexibility index (Phi) is 5.51. The summed E-state index contributed by atoms with van der Waals surface area (Å²) in [7, 11) is 0. The monoisotopic (exact) mass is 305 g/mol. The van der Waals surface area contributed by atoms with Crippen molar-refractivity contribution in [1.82, 2.24) is 15.1 Å². The maximum absolute atomic E-state index is 12.0. The van der Waals surface area contributed by atoms with Crippen molar-refractivity contribution in [3.05, 3.63) is 24.2 Å². The van der Waals surface area contributed by atoms with Crippen LogP contribution in [-0.4, -0.2) is 54.5 Å². The molecule has 1 aromatic heterocycles. The molecule has 0 radical (unpaired) electrons. The number of nitrogens with one attached hydrogen (secondary N) is 1. The molecule has 0 aliphatic carbocycles. The highest BCUT2D eigenvalue weighted by Gasteiger charge is 2.26. The van der Waals surface area contributed by atoms with Crippen molar-refractivity contribution in [3.63, 3.8) is 0 Å². The molecule has 5 nitrogen and oxygen atoms in total. The predicted molar refractivity (Wildman–Crippen MR) is 85.4 cm³/mol. The average molecular weight is 305 g/mol. The minimum absolute atomic E-state index is 0.0906. The third kappa shape index (κ3) is 4.34. The van der Waals surface area contributed by atoms with Gasteiger partial charge >= 0.3 is 0 Å². The number of hydrogen-bond donors (Lipinski definition) is 1. The van der Waals surface area contributed by atoms with Crippen LogP contribution in [0.25, 0.3) is 0 Å². The molecule has 2 saturated heterocycles. The minimum Gasteiger partial charge on any atom is -0.467 e. The summed E-state index contributed by atoms with van der Waals surface area (Å²) < 4.78 is 5.22. The van der Waals surface area contributed by atoms with Crippen molar-refractivity contribution in [2.24, 2.45) is 0 Å². The second kappa shape index (κ2) is 7.79. The summed E-state index contributed by atoms with van der Waals surface area (Å²) in [5.41, 5.74) is 0. The van der Waals surface area contributed by atoms with Crippen LogP contribution in [0.3, 0.4) is 0 Å². The van der Waals surface area contributed by atoms with E-state index in [0.29, 0.717) is 13.1 Å². The Hall–Kier alpha value is -1.33. The van der Waals surface area contributed by atoms with Crippen molar-refractivity contribution in [3.8, 4) is 0 Å². The minimum atomic E-state index is 0.0906. The highest BCUT2D eigenvalue weighted by atomic mass is 16.3. The van der Waals surface area contributed by atoms with Crippen LogP contribution in [0.4, 0.5) is 0 Å². The molecule has 0 saturated carbocycles. The van der Waals surface area contributed by atoms with Gasteiger partial charge in [0, 0.05) is 19.1 Å². The normalized spacial score (nSPS) is 21.8. The van der Waals surface area contributed by atoms with Gasteiger partial charge in [-0.15, -0.1) is 0 Å². The Morgan fingerprint density at radius 1 is 1.18 bits per heavy atom. The maximum Gasteiger partial charge on any atom is 0.234 e. The summed E-state index contributed by atoms with van der Waals surface area (Å²) in [4.78, 5) is 16.9. The number of furan rings is 1. The first-order chi connectivity index (χ1) is 10.8. The van der Waals surface area contributed by atoms with Gasteiger partial charge in [0.15, 0.2) is 0 Å². The summed E-state index contributed by atoms with van der Waals surface area (Å²) in [6.07, 6.45) is 8.14. The fourth-order valence-corrected chi connectivity index (χ4v) is 3.58. The van der Waals surface area contributed by atoms with Gasteiger partial charge in [-0.05, 0) is 50.9 Å². The molecule has 0 atom stereocenters. The molecule has 0 bridgehead atoms. The van der Waals surface area contributed by atoms with Gasteiger partial charge in [-0.3, -0.25) is 9.69 Å². The standard InChI is InChI=1S/C17H27N3O2/c21-17(18-13-16-5-4-12-22-16)14-19-10-6-15(7-11-19)20-8-2-1-3-9-20/h4-5,12,15H,1-3,6-11,13-14H2,(H,18,21). The Balaban J connectivity index is 1.35. The number of likely N-dealkylation sites (tertiary alicyclic amines) is 2. The number of carbonyl (C=O) groups excluding carboxylic acids is 1. The van der Waals surface area contributed by atoms with Crippen LogP contribution < -0.4 is 5.32 Å². The molecule has 0 unspecified atom stereocenters. The van der Waals surface area contributed by atoms with E-state index in [9.17, 15) is 4.79 Å². The molecule has 2 aliphatic heterocycles. The van der Waals surface area contributed by atoms with Crippen molar-refractivity contribution in [2.75, 3.05) is 32.7 Å². The summed E-state index contributed by atoms with van der Waals surface area (Å²) in [6, 6.07) is 4.46. The van der Waals surface area contributed by atoms with Crippen LogP contribution in [0.15, 0.2) is 22.8 Å². The van der Waals surface area contributed by atoms with Gasteiger partial charge in [0.1, 0.15) is 5.76 Å². The Bertz CT molecular complexity index is 446. The highest BCUT2D eigenvalue weighted by Crippen LogP contribution is 2.20. The van der Waals surface area contributed by atoms with E-state index in [2.05, 4.69) is 15.1 Å². The van der Waals surface area contributed by atoms with Crippen molar-refractivity contribution < 1.29 is 9.21 Å². The first-order valence-electron chi connectivity index (χ1n) is 8.57. The quantitative estimate of drug-likeness (QED) is 0.902. The summed E-state index contributed by atoms with van der Waals surface area (Å²) in [5, 5.41) is 2.92. The van der Waals surface area contributed by atoms with Gasteiger partial charge < -0.3 is 14.6 Å². The number of amides is 1. The molecule has 1 amide bonds. The van der Waals surface area contributed by atoms with Crippen molar-refractivity contribution in [2.45, 2.75) is 44.7 Å². The van der Waals surface area contributed by atoms with E-state index < -0.39 is 0 Å². The van der Waals surface area contributed by atoms with Crippen LogP contribution in [0.5, 0.6) is 0 Å². The van der Waals surface area contributed by atoms with E-state index in [1.54, 1.807) is 6.26 Å². The highest BCUT2D eigenvalue weighted by molar-refractivity contribution is 5.77. The second-order valence-electron chi connectivity index (χ2n) is 6.46. The summed E-state index contributed by atoms with van der Waals surface area (Å²) in [5.74, 6) is 0.893. The van der Waals surface area contributed by atoms with Gasteiger partial charge in [0.25, 0.3) is 0 Å². The average Bonchev–Trinajstić information content (AvgIpc) is 3.08. The van der Waals surface area contributed by atoms with Crippen LogP contribution in [0, 0.1) is 0 Å². The van der Waals surface area contributed by atoms with Crippen LogP contribution in [0.2, 0.25) is 0 Å². The Morgan fingerprint density at radius 3 is 2.64 bits per heavy atom. The molecule has 122 valence electrons. The molecule has 0 spiro atoms. The predicted octanol–water partition coefficient (Wildman–Crippen LogP) is 1.85. The van der Waals surface area contributed by atoms with E-state index in [4.69, 9.17) is 4.42 Å². The lowest BCUT2D eigenvalue weighted by Gasteiger charge is -2.40. The van der Waals surface area contributed by atoms with E-state index in [1.807, 2.05) is 12.1 Å². The second-order valence-corrected chi connectivity index (χ2v) is 6.46. The van der Waals surface area contributed by atoms with E-state index >= 15 is 0 Å². The molecule has 3 heterocycles. The lowest BCUT2D eigenvalue weighted by Crippen LogP contribution is -2.48. The molecule has 5 heteroatoms. The fraction of sp³-hybridized carbons (Fsp3) is 0.706. The van der Waals surface area contributed by atoms with Gasteiger partial charge in [0.2, 0.25) is 5.91 Å². The lowest BCUT2D eigenvalue weighted by atomic mass is 10.00. The molecular formula is C17H27N3O2. The Labute approximate surface area is 132 Å². The van der Waals surface area contributed by atoms with E-state index in [1.165, 1.54) is 45.2 Å². The van der Waals surface area contributed by atoms with Gasteiger partial charge in [-0.2, -0.15) is 0 Å². The summed E-state index contributed by atoms with van der Waals surface area (Å²) in [6.45, 7) is 5.61. The smallest absolute Gasteiger partial charge is 0.234 e. The Morgan fingerprint density at radius 2 is 1.95 bits per heavy atom. The van der Waals surface area contributed by atoms with Gasteiger partial charge in [-0.1, -0.05) is 6.42 Å². The molecular weight excluding hydrogens is 278 g/mol. The number of hydrogen-bond acceptors (Lipinski definition) is 4. The zero-order valence-electron chi connectivity index (χ0n) is 13.3. The third-order valence-corrected chi connectivity index (χ3v) is 4.87. The molecule has 22 heavy (non-hydrogen) atoms. The SMILES string of the molecule is O=C(CN1CCC(N2CCCCC2)CC1)NCc1ccco1. The van der Waals surface area contributed by atoms with Gasteiger partial charge in [0.05, 0.1) is 19.4 Å². The number of nitrogens with zero attached hydrogens (tertiary/aromatic N) is 2. The first-order valence-corrected chi connectivity index (χ1v) is 8.57. The van der Waals surface area contributed by atoms with E-state index in [-0.39, 0.29) is 5.91 Å². The lowest BCUT2D eigenvalue weighted by molar-refractivity contribution is -0.122. The number of carbonyl (C=O) groups is 1. The van der Waals surface area contributed by atoms with Crippen LogP contribution in [0.1, 0.15) is 37.9 Å². The third-order valence-electron chi connectivity index (χ3n) is 4.87. The first kappa shape index (κ1) is 15.6. The molecule has 0 aromatic carbocycles. The summed E-state index contributed by atoms with van der Waals surface area (Å²) >= 11 is 0. The zero-order valence-corrected chi connectivity index (χ0v) is 13.3. The van der Waals surface area contributed by atoms with Gasteiger partial charge in [-0.25, -0.2) is 0 Å². The zero-order chi connectivity index (χ0) is 15.2. The number of piperidine rings is 2. The largest absolute Gasteiger partial charge is 0.467 e. The van der Waals surface area contributed by atoms with Crippen molar-refractivity contribution >= 4 is 5.91 Å². The van der Waals surface area contributed by atoms with E-state index in [0.717, 1.165) is 24.9 Å². The van der Waals surface area contributed by atoms with Crippen molar-refractivity contribution in [1.29, 1.82) is 0 Å². The van der Waals surface area contributed by atoms with Crippen LogP contribution >= 0.6 is 0 Å². The maximum atomic E-state index is 12.0. The topological polar surface area (TPSA) is 48.7 Å². The molecule has 2 fully saturated rings. The number of rotatable bonds is 5. The molecule has 1 N–H and O–H groups in total. The molecule has 2 aliphatic rings. The molecule has 1 aromatic rings. The molecule has 3 rings (SSSR count). The van der Waals surface area contributed by atoms with Crippen LogP contribution in [-0.2, 0) is 11.3 Å². The fourth-order valence-electron chi connectivity index (χ4n) is 3.58.